The molecule has 0 amide bonds. The third-order valence-corrected chi connectivity index (χ3v) is 6.09. The van der Waals surface area contributed by atoms with Crippen LogP contribution in [0.4, 0.5) is 0 Å². The summed E-state index contributed by atoms with van der Waals surface area (Å²) in [4.78, 5) is 0.297. The van der Waals surface area contributed by atoms with Gasteiger partial charge in [0.15, 0.2) is 0 Å². The molecule has 21 heavy (non-hydrogen) atoms. The highest BCUT2D eigenvalue weighted by molar-refractivity contribution is 7.89. The standard InChI is InChI=1S/C15H24N2O3S/c1-4-14(16)12-6-5-7-13(10-12)21(18,19)17(3)15-8-9-20-11(15)2/h5-7,10-11,14-15H,4,8-9,16H2,1-3H3. The van der Waals surface area contributed by atoms with Gasteiger partial charge in [-0.3, -0.25) is 0 Å². The molecule has 3 unspecified atom stereocenters. The van der Waals surface area contributed by atoms with Crippen molar-refractivity contribution in [2.75, 3.05) is 13.7 Å². The zero-order valence-corrected chi connectivity index (χ0v) is 13.6. The summed E-state index contributed by atoms with van der Waals surface area (Å²) in [6.45, 7) is 4.50. The molecule has 1 aromatic rings. The van der Waals surface area contributed by atoms with Crippen LogP contribution in [0.2, 0.25) is 0 Å². The Kier molecular flexibility index (Phi) is 5.03. The lowest BCUT2D eigenvalue weighted by Crippen LogP contribution is -2.40. The Morgan fingerprint density at radius 1 is 1.48 bits per heavy atom. The highest BCUT2D eigenvalue weighted by Crippen LogP contribution is 2.26. The van der Waals surface area contributed by atoms with Crippen molar-refractivity contribution in [2.45, 2.75) is 49.8 Å². The van der Waals surface area contributed by atoms with Crippen LogP contribution in [0.15, 0.2) is 29.2 Å². The number of hydrogen-bond donors (Lipinski definition) is 1. The van der Waals surface area contributed by atoms with Crippen LogP contribution in [0, 0.1) is 0 Å². The lowest BCUT2D eigenvalue weighted by Gasteiger charge is -2.26. The fourth-order valence-corrected chi connectivity index (χ4v) is 4.19. The van der Waals surface area contributed by atoms with Crippen molar-refractivity contribution in [1.29, 1.82) is 0 Å². The average Bonchev–Trinajstić information content (AvgIpc) is 2.91. The van der Waals surface area contributed by atoms with Crippen LogP contribution in [0.1, 0.15) is 38.3 Å². The number of rotatable bonds is 5. The molecule has 1 aromatic carbocycles. The molecule has 6 heteroatoms. The first-order valence-corrected chi connectivity index (χ1v) is 8.77. The minimum Gasteiger partial charge on any atom is -0.377 e. The Labute approximate surface area is 127 Å². The Balaban J connectivity index is 2.31. The third kappa shape index (κ3) is 3.29. The first kappa shape index (κ1) is 16.4. The van der Waals surface area contributed by atoms with E-state index >= 15 is 0 Å². The molecule has 5 nitrogen and oxygen atoms in total. The molecule has 2 rings (SSSR count). The van der Waals surface area contributed by atoms with E-state index in [1.807, 2.05) is 19.9 Å². The van der Waals surface area contributed by atoms with Gasteiger partial charge in [-0.1, -0.05) is 19.1 Å². The molecule has 0 spiro atoms. The quantitative estimate of drug-likeness (QED) is 0.901. The molecule has 1 fully saturated rings. The second-order valence-electron chi connectivity index (χ2n) is 5.54. The molecule has 0 bridgehead atoms. The van der Waals surface area contributed by atoms with Crippen molar-refractivity contribution in [1.82, 2.24) is 4.31 Å². The predicted molar refractivity (Wildman–Crippen MR) is 82.4 cm³/mol. The van der Waals surface area contributed by atoms with Crippen LogP contribution in [0.3, 0.4) is 0 Å². The molecular formula is C15H24N2O3S. The third-order valence-electron chi connectivity index (χ3n) is 4.21. The molecule has 0 saturated carbocycles. The van der Waals surface area contributed by atoms with Gasteiger partial charge in [0.2, 0.25) is 10.0 Å². The number of nitrogens with two attached hydrogens (primary N) is 1. The highest BCUT2D eigenvalue weighted by atomic mass is 32.2. The molecule has 0 aliphatic carbocycles. The van der Waals surface area contributed by atoms with Crippen molar-refractivity contribution in [3.63, 3.8) is 0 Å². The molecule has 0 aromatic heterocycles. The maximum absolute atomic E-state index is 12.8. The van der Waals surface area contributed by atoms with E-state index in [1.165, 1.54) is 4.31 Å². The smallest absolute Gasteiger partial charge is 0.243 e. The number of likely N-dealkylation sites (N-methyl/N-ethyl adjacent to an activating group) is 1. The van der Waals surface area contributed by atoms with Crippen LogP contribution in [0.25, 0.3) is 0 Å². The summed E-state index contributed by atoms with van der Waals surface area (Å²) in [5, 5.41) is 0. The lowest BCUT2D eigenvalue weighted by molar-refractivity contribution is 0.102. The largest absolute Gasteiger partial charge is 0.377 e. The topological polar surface area (TPSA) is 72.6 Å². The van der Waals surface area contributed by atoms with Gasteiger partial charge in [-0.25, -0.2) is 8.42 Å². The summed E-state index contributed by atoms with van der Waals surface area (Å²) >= 11 is 0. The fourth-order valence-electron chi connectivity index (χ4n) is 2.68. The van der Waals surface area contributed by atoms with Crippen LogP contribution < -0.4 is 5.73 Å². The van der Waals surface area contributed by atoms with E-state index in [2.05, 4.69) is 0 Å². The summed E-state index contributed by atoms with van der Waals surface area (Å²) in [5.74, 6) is 0. The predicted octanol–water partition coefficient (Wildman–Crippen LogP) is 1.89. The van der Waals surface area contributed by atoms with Gasteiger partial charge in [-0.2, -0.15) is 4.31 Å². The number of sulfonamides is 1. The normalized spacial score (nSPS) is 24.4. The van der Waals surface area contributed by atoms with Gasteiger partial charge in [0.05, 0.1) is 17.0 Å². The Morgan fingerprint density at radius 3 is 2.76 bits per heavy atom. The van der Waals surface area contributed by atoms with E-state index in [-0.39, 0.29) is 18.2 Å². The van der Waals surface area contributed by atoms with E-state index in [9.17, 15) is 8.42 Å². The van der Waals surface area contributed by atoms with Crippen molar-refractivity contribution in [3.05, 3.63) is 29.8 Å². The SMILES string of the molecule is CCC(N)c1cccc(S(=O)(=O)N(C)C2CCOC2C)c1. The van der Waals surface area contributed by atoms with E-state index in [1.54, 1.807) is 25.2 Å². The molecule has 1 aliphatic heterocycles. The number of ether oxygens (including phenoxy) is 1. The fraction of sp³-hybridized carbons (Fsp3) is 0.600. The molecule has 1 aliphatic rings. The second kappa shape index (κ2) is 6.44. The number of benzene rings is 1. The van der Waals surface area contributed by atoms with Crippen molar-refractivity contribution in [3.8, 4) is 0 Å². The summed E-state index contributed by atoms with van der Waals surface area (Å²) in [6.07, 6.45) is 1.42. The van der Waals surface area contributed by atoms with E-state index < -0.39 is 10.0 Å². The maximum atomic E-state index is 12.8. The van der Waals surface area contributed by atoms with Crippen LogP contribution in [-0.4, -0.2) is 38.5 Å². The van der Waals surface area contributed by atoms with Crippen molar-refractivity contribution < 1.29 is 13.2 Å². The average molecular weight is 312 g/mol. The monoisotopic (exact) mass is 312 g/mol. The summed E-state index contributed by atoms with van der Waals surface area (Å²) in [7, 11) is -1.90. The molecule has 1 saturated heterocycles. The van der Waals surface area contributed by atoms with Gasteiger partial charge in [-0.15, -0.1) is 0 Å². The highest BCUT2D eigenvalue weighted by Gasteiger charge is 2.35. The first-order valence-electron chi connectivity index (χ1n) is 7.33. The van der Waals surface area contributed by atoms with Crippen LogP contribution >= 0.6 is 0 Å². The molecule has 2 N–H and O–H groups in total. The van der Waals surface area contributed by atoms with E-state index in [4.69, 9.17) is 10.5 Å². The van der Waals surface area contributed by atoms with Crippen LogP contribution in [-0.2, 0) is 14.8 Å². The van der Waals surface area contributed by atoms with Gasteiger partial charge < -0.3 is 10.5 Å². The Morgan fingerprint density at radius 2 is 2.19 bits per heavy atom. The summed E-state index contributed by atoms with van der Waals surface area (Å²) < 4.78 is 32.4. The van der Waals surface area contributed by atoms with E-state index in [0.717, 1.165) is 18.4 Å². The molecule has 0 radical (unpaired) electrons. The van der Waals surface area contributed by atoms with Gasteiger partial charge in [0, 0.05) is 19.7 Å². The molecule has 1 heterocycles. The molecular weight excluding hydrogens is 288 g/mol. The molecule has 3 atom stereocenters. The minimum atomic E-state index is -3.52. The van der Waals surface area contributed by atoms with Crippen molar-refractivity contribution >= 4 is 10.0 Å². The van der Waals surface area contributed by atoms with Gasteiger partial charge in [0.1, 0.15) is 0 Å². The number of nitrogens with zero attached hydrogens (tertiary/aromatic N) is 1. The van der Waals surface area contributed by atoms with Crippen LogP contribution in [0.5, 0.6) is 0 Å². The summed E-state index contributed by atoms with van der Waals surface area (Å²) in [6, 6.07) is 6.67. The first-order chi connectivity index (χ1) is 9.87. The second-order valence-corrected chi connectivity index (χ2v) is 7.54. The van der Waals surface area contributed by atoms with Crippen molar-refractivity contribution in [2.24, 2.45) is 5.73 Å². The Bertz CT molecular complexity index is 588. The Hall–Kier alpha value is -0.950. The van der Waals surface area contributed by atoms with Gasteiger partial charge in [0.25, 0.3) is 0 Å². The lowest BCUT2D eigenvalue weighted by atomic mass is 10.1. The number of hydrogen-bond acceptors (Lipinski definition) is 4. The zero-order chi connectivity index (χ0) is 15.6. The maximum Gasteiger partial charge on any atom is 0.243 e. The van der Waals surface area contributed by atoms with Gasteiger partial charge >= 0.3 is 0 Å². The van der Waals surface area contributed by atoms with E-state index in [0.29, 0.717) is 11.5 Å². The molecule has 118 valence electrons. The minimum absolute atomic E-state index is 0.0779. The van der Waals surface area contributed by atoms with Gasteiger partial charge in [-0.05, 0) is 37.5 Å². The zero-order valence-electron chi connectivity index (χ0n) is 12.8. The summed E-state index contributed by atoms with van der Waals surface area (Å²) in [5.41, 5.74) is 6.85.